The fourth-order valence-corrected chi connectivity index (χ4v) is 2.47. The van der Waals surface area contributed by atoms with Gasteiger partial charge in [0.25, 0.3) is 0 Å². The Morgan fingerprint density at radius 1 is 1.12 bits per heavy atom. The Morgan fingerprint density at radius 3 is 2.35 bits per heavy atom. The Hall–Kier alpha value is -0.480. The first-order valence-electron chi connectivity index (χ1n) is 4.60. The molecule has 0 fully saturated rings. The van der Waals surface area contributed by atoms with E-state index in [0.717, 1.165) is 4.47 Å². The topological polar surface area (TPSA) is 24.9 Å². The van der Waals surface area contributed by atoms with Crippen molar-refractivity contribution in [1.29, 1.82) is 0 Å². The van der Waals surface area contributed by atoms with Crippen LogP contribution in [0.3, 0.4) is 0 Å². The number of nitrogens with one attached hydrogen (secondary N) is 1. The number of para-hydroxylation sites is 1. The fraction of sp³-hybridized carbons (Fsp3) is 0. The highest BCUT2D eigenvalue weighted by Crippen LogP contribution is 2.34. The minimum absolute atomic E-state index is 0.529. The SMILES string of the molecule is Clc1cnc(Nc2c(Cl)cccc2Cl)c(Br)c1. The molecule has 1 heterocycles. The monoisotopic (exact) mass is 350 g/mol. The standard InChI is InChI=1S/C11H6BrCl3N2/c12-7-4-6(13)5-16-11(7)17-10-8(14)2-1-3-9(10)15/h1-5H,(H,16,17). The zero-order valence-electron chi connectivity index (χ0n) is 8.35. The van der Waals surface area contributed by atoms with Gasteiger partial charge in [0.2, 0.25) is 0 Å². The molecule has 0 spiro atoms. The van der Waals surface area contributed by atoms with E-state index >= 15 is 0 Å². The van der Waals surface area contributed by atoms with Crippen molar-refractivity contribution in [2.75, 3.05) is 5.32 Å². The van der Waals surface area contributed by atoms with E-state index in [2.05, 4.69) is 26.2 Å². The predicted molar refractivity (Wildman–Crippen MR) is 76.7 cm³/mol. The second kappa shape index (κ2) is 5.44. The molecule has 88 valence electrons. The number of rotatable bonds is 2. The minimum Gasteiger partial charge on any atom is -0.337 e. The third-order valence-electron chi connectivity index (χ3n) is 2.01. The second-order valence-electron chi connectivity index (χ2n) is 3.21. The predicted octanol–water partition coefficient (Wildman–Crippen LogP) is 5.55. The van der Waals surface area contributed by atoms with Crippen LogP contribution in [0.4, 0.5) is 11.5 Å². The van der Waals surface area contributed by atoms with Gasteiger partial charge in [-0.1, -0.05) is 40.9 Å². The molecule has 0 radical (unpaired) electrons. The summed E-state index contributed by atoms with van der Waals surface area (Å²) < 4.78 is 0.737. The van der Waals surface area contributed by atoms with Crippen molar-refractivity contribution in [3.63, 3.8) is 0 Å². The summed E-state index contributed by atoms with van der Waals surface area (Å²) >= 11 is 21.3. The summed E-state index contributed by atoms with van der Waals surface area (Å²) in [4.78, 5) is 4.15. The van der Waals surface area contributed by atoms with Crippen LogP contribution in [0.1, 0.15) is 0 Å². The minimum atomic E-state index is 0.529. The average Bonchev–Trinajstić information content (AvgIpc) is 2.26. The van der Waals surface area contributed by atoms with Crippen molar-refractivity contribution in [3.05, 3.63) is 50.0 Å². The average molecular weight is 352 g/mol. The molecule has 2 aromatic rings. The van der Waals surface area contributed by atoms with Gasteiger partial charge in [-0.15, -0.1) is 0 Å². The molecule has 2 rings (SSSR count). The third-order valence-corrected chi connectivity index (χ3v) is 3.46. The van der Waals surface area contributed by atoms with Gasteiger partial charge in [0, 0.05) is 6.20 Å². The lowest BCUT2D eigenvalue weighted by molar-refractivity contribution is 1.29. The molecule has 2 nitrogen and oxygen atoms in total. The Labute approximate surface area is 122 Å². The number of hydrogen-bond acceptors (Lipinski definition) is 2. The summed E-state index contributed by atoms with van der Waals surface area (Å²) in [5.74, 6) is 0.601. The number of benzene rings is 1. The Bertz CT molecular complexity index is 540. The Morgan fingerprint density at radius 2 is 1.76 bits per heavy atom. The van der Waals surface area contributed by atoms with Gasteiger partial charge in [-0.3, -0.25) is 0 Å². The lowest BCUT2D eigenvalue weighted by Gasteiger charge is -2.10. The fourth-order valence-electron chi connectivity index (χ4n) is 1.24. The van der Waals surface area contributed by atoms with Crippen molar-refractivity contribution in [2.24, 2.45) is 0 Å². The van der Waals surface area contributed by atoms with Crippen LogP contribution in [0.15, 0.2) is 34.9 Å². The van der Waals surface area contributed by atoms with Gasteiger partial charge >= 0.3 is 0 Å². The quantitative estimate of drug-likeness (QED) is 0.767. The third kappa shape index (κ3) is 3.05. The maximum atomic E-state index is 6.05. The van der Waals surface area contributed by atoms with Gasteiger partial charge in [-0.05, 0) is 34.1 Å². The molecule has 0 atom stereocenters. The number of anilines is 2. The molecule has 0 saturated carbocycles. The summed E-state index contributed by atoms with van der Waals surface area (Å²) in [5, 5.41) is 4.66. The van der Waals surface area contributed by atoms with Gasteiger partial charge < -0.3 is 5.32 Å². The Kier molecular flexibility index (Phi) is 4.15. The molecule has 0 aliphatic heterocycles. The van der Waals surface area contributed by atoms with Crippen LogP contribution < -0.4 is 5.32 Å². The van der Waals surface area contributed by atoms with E-state index < -0.39 is 0 Å². The van der Waals surface area contributed by atoms with Gasteiger partial charge in [-0.2, -0.15) is 0 Å². The molecular weight excluding hydrogens is 346 g/mol. The van der Waals surface area contributed by atoms with Crippen molar-refractivity contribution >= 4 is 62.2 Å². The first-order valence-corrected chi connectivity index (χ1v) is 6.52. The summed E-state index contributed by atoms with van der Waals surface area (Å²) in [7, 11) is 0. The van der Waals surface area contributed by atoms with Crippen molar-refractivity contribution in [3.8, 4) is 0 Å². The highest BCUT2D eigenvalue weighted by molar-refractivity contribution is 9.10. The van der Waals surface area contributed by atoms with E-state index in [4.69, 9.17) is 34.8 Å². The number of pyridine rings is 1. The summed E-state index contributed by atoms with van der Waals surface area (Å²) in [5.41, 5.74) is 0.617. The first kappa shape index (κ1) is 13.0. The van der Waals surface area contributed by atoms with Crippen LogP contribution in [-0.2, 0) is 0 Å². The molecule has 0 unspecified atom stereocenters. The highest BCUT2D eigenvalue weighted by Gasteiger charge is 2.08. The molecule has 6 heteroatoms. The van der Waals surface area contributed by atoms with E-state index in [9.17, 15) is 0 Å². The normalized spacial score (nSPS) is 10.4. The van der Waals surface area contributed by atoms with Gasteiger partial charge in [-0.25, -0.2) is 4.98 Å². The molecule has 0 aliphatic rings. The number of aromatic nitrogens is 1. The maximum absolute atomic E-state index is 6.05. The molecule has 1 aromatic heterocycles. The number of halogens is 4. The molecule has 0 amide bonds. The van der Waals surface area contributed by atoms with Crippen LogP contribution in [0.5, 0.6) is 0 Å². The molecule has 1 N–H and O–H groups in total. The van der Waals surface area contributed by atoms with Crippen molar-refractivity contribution in [2.45, 2.75) is 0 Å². The van der Waals surface area contributed by atoms with E-state index in [1.165, 1.54) is 0 Å². The maximum Gasteiger partial charge on any atom is 0.144 e. The van der Waals surface area contributed by atoms with E-state index in [0.29, 0.717) is 26.6 Å². The first-order chi connectivity index (χ1) is 8.08. The van der Waals surface area contributed by atoms with Crippen LogP contribution in [-0.4, -0.2) is 4.98 Å². The van der Waals surface area contributed by atoms with Gasteiger partial charge in [0.05, 0.1) is 25.2 Å². The van der Waals surface area contributed by atoms with Gasteiger partial charge in [0.15, 0.2) is 0 Å². The lowest BCUT2D eigenvalue weighted by atomic mass is 10.3. The number of nitrogens with zero attached hydrogens (tertiary/aromatic N) is 1. The van der Waals surface area contributed by atoms with E-state index in [1.54, 1.807) is 30.5 Å². The van der Waals surface area contributed by atoms with E-state index in [-0.39, 0.29) is 0 Å². The largest absolute Gasteiger partial charge is 0.337 e. The number of hydrogen-bond donors (Lipinski definition) is 1. The summed E-state index contributed by atoms with van der Waals surface area (Å²) in [6.07, 6.45) is 1.54. The molecule has 1 aromatic carbocycles. The summed E-state index contributed by atoms with van der Waals surface area (Å²) in [6.45, 7) is 0. The summed E-state index contributed by atoms with van der Waals surface area (Å²) in [6, 6.07) is 7.01. The van der Waals surface area contributed by atoms with Crippen molar-refractivity contribution < 1.29 is 0 Å². The second-order valence-corrected chi connectivity index (χ2v) is 5.31. The van der Waals surface area contributed by atoms with E-state index in [1.807, 2.05) is 0 Å². The molecule has 17 heavy (non-hydrogen) atoms. The highest BCUT2D eigenvalue weighted by atomic mass is 79.9. The molecule has 0 saturated heterocycles. The molecule has 0 aliphatic carbocycles. The molecule has 0 bridgehead atoms. The van der Waals surface area contributed by atoms with Crippen LogP contribution in [0, 0.1) is 0 Å². The Balaban J connectivity index is 2.38. The van der Waals surface area contributed by atoms with Crippen LogP contribution in [0.25, 0.3) is 0 Å². The zero-order valence-corrected chi connectivity index (χ0v) is 12.2. The lowest BCUT2D eigenvalue weighted by Crippen LogP contribution is -1.96. The van der Waals surface area contributed by atoms with Crippen LogP contribution in [0.2, 0.25) is 15.1 Å². The molecular formula is C11H6BrCl3N2. The zero-order chi connectivity index (χ0) is 12.4. The van der Waals surface area contributed by atoms with Crippen LogP contribution >= 0.6 is 50.7 Å². The van der Waals surface area contributed by atoms with Gasteiger partial charge in [0.1, 0.15) is 5.82 Å². The van der Waals surface area contributed by atoms with Crippen molar-refractivity contribution in [1.82, 2.24) is 4.98 Å². The smallest absolute Gasteiger partial charge is 0.144 e.